The van der Waals surface area contributed by atoms with E-state index in [1.807, 2.05) is 6.92 Å². The molecule has 0 amide bonds. The molecule has 3 fully saturated rings. The van der Waals surface area contributed by atoms with E-state index in [1.54, 1.807) is 6.08 Å². The topological polar surface area (TPSA) is 94.8 Å². The third-order valence-electron chi connectivity index (χ3n) is 8.91. The predicted molar refractivity (Wildman–Crippen MR) is 95.2 cm³/mol. The summed E-state index contributed by atoms with van der Waals surface area (Å²) in [6.45, 7) is 3.43. The van der Waals surface area contributed by atoms with Crippen molar-refractivity contribution in [3.05, 3.63) is 11.6 Å². The van der Waals surface area contributed by atoms with Crippen molar-refractivity contribution in [2.75, 3.05) is 6.61 Å². The number of carbonyl (C=O) groups excluding carboxylic acids is 2. The van der Waals surface area contributed by atoms with Gasteiger partial charge in [-0.3, -0.25) is 9.59 Å². The number of rotatable bonds is 2. The maximum Gasteiger partial charge on any atom is 0.190 e. The second-order valence-corrected chi connectivity index (χ2v) is 9.54. The summed E-state index contributed by atoms with van der Waals surface area (Å²) in [5.74, 6) is -0.266. The molecule has 6 atom stereocenters. The average Bonchev–Trinajstić information content (AvgIpc) is 2.88. The lowest BCUT2D eigenvalue weighted by Crippen LogP contribution is -2.65. The highest BCUT2D eigenvalue weighted by Crippen LogP contribution is 2.69. The molecule has 1 unspecified atom stereocenters. The van der Waals surface area contributed by atoms with Crippen LogP contribution >= 0.6 is 0 Å². The molecule has 0 bridgehead atoms. The van der Waals surface area contributed by atoms with Gasteiger partial charge in [0.15, 0.2) is 11.6 Å². The van der Waals surface area contributed by atoms with Crippen LogP contribution in [0.25, 0.3) is 0 Å². The quantitative estimate of drug-likeness (QED) is 0.698. The minimum absolute atomic E-state index is 0.0112. The van der Waals surface area contributed by atoms with E-state index in [1.165, 1.54) is 0 Å². The van der Waals surface area contributed by atoms with Crippen LogP contribution in [0.5, 0.6) is 0 Å². The van der Waals surface area contributed by atoms with Crippen LogP contribution in [0.15, 0.2) is 11.6 Å². The summed E-state index contributed by atoms with van der Waals surface area (Å²) < 4.78 is 0. The minimum Gasteiger partial charge on any atom is -0.389 e. The molecule has 0 aromatic rings. The lowest BCUT2D eigenvalue weighted by Gasteiger charge is -2.63. The van der Waals surface area contributed by atoms with E-state index in [-0.39, 0.29) is 17.6 Å². The summed E-state index contributed by atoms with van der Waals surface area (Å²) in [5, 5.41) is 32.4. The zero-order valence-corrected chi connectivity index (χ0v) is 15.8. The van der Waals surface area contributed by atoms with Gasteiger partial charge in [0.05, 0.1) is 5.60 Å². The standard InChI is InChI=1S/C21H30O5/c1-18-7-5-14(23)11-13(18)3-4-16-15-6-8-21(26,17(24)12-22)19(15,2)9-10-20(16,18)25/h11,15-16,22,25-26H,3-10,12H2,1-2H3/t15-,16-,18-,19-,20?,21-/m0/s1. The SMILES string of the molecule is C[C@]12CCC(=O)C=C1CC[C@H]1[C@@H]3CC[C@](O)(C(=O)CO)[C@@]3(C)CCC12O. The maximum absolute atomic E-state index is 12.4. The van der Waals surface area contributed by atoms with Crippen LogP contribution in [-0.2, 0) is 9.59 Å². The van der Waals surface area contributed by atoms with Crippen LogP contribution in [0.1, 0.15) is 65.2 Å². The molecule has 3 N–H and O–H groups in total. The third kappa shape index (κ3) is 1.97. The lowest BCUT2D eigenvalue weighted by atomic mass is 9.44. The van der Waals surface area contributed by atoms with Crippen LogP contribution < -0.4 is 0 Å². The summed E-state index contributed by atoms with van der Waals surface area (Å²) in [6.07, 6.45) is 6.63. The number of aliphatic hydroxyl groups excluding tert-OH is 1. The first-order chi connectivity index (χ1) is 12.1. The Morgan fingerprint density at radius 2 is 1.81 bits per heavy atom. The van der Waals surface area contributed by atoms with Gasteiger partial charge in [0, 0.05) is 17.3 Å². The smallest absolute Gasteiger partial charge is 0.190 e. The largest absolute Gasteiger partial charge is 0.389 e. The van der Waals surface area contributed by atoms with Crippen LogP contribution in [-0.4, -0.2) is 44.7 Å². The van der Waals surface area contributed by atoms with Gasteiger partial charge in [0.25, 0.3) is 0 Å². The van der Waals surface area contributed by atoms with Gasteiger partial charge in [0.1, 0.15) is 12.2 Å². The zero-order valence-electron chi connectivity index (χ0n) is 15.8. The molecule has 144 valence electrons. The summed E-state index contributed by atoms with van der Waals surface area (Å²) in [6, 6.07) is 0. The van der Waals surface area contributed by atoms with Crippen molar-refractivity contribution >= 4 is 11.6 Å². The second kappa shape index (κ2) is 5.49. The van der Waals surface area contributed by atoms with Crippen LogP contribution in [0.4, 0.5) is 0 Å². The third-order valence-corrected chi connectivity index (χ3v) is 8.91. The Bertz CT molecular complexity index is 699. The molecular weight excluding hydrogens is 332 g/mol. The monoisotopic (exact) mass is 362 g/mol. The van der Waals surface area contributed by atoms with Gasteiger partial charge in [0.2, 0.25) is 0 Å². The van der Waals surface area contributed by atoms with E-state index in [9.17, 15) is 24.9 Å². The molecule has 0 aliphatic heterocycles. The molecule has 26 heavy (non-hydrogen) atoms. The van der Waals surface area contributed by atoms with Gasteiger partial charge in [-0.2, -0.15) is 0 Å². The van der Waals surface area contributed by atoms with Gasteiger partial charge in [-0.25, -0.2) is 0 Å². The first-order valence-electron chi connectivity index (χ1n) is 9.95. The van der Waals surface area contributed by atoms with Gasteiger partial charge in [-0.05, 0) is 62.9 Å². The Kier molecular flexibility index (Phi) is 3.87. The molecule has 0 aromatic heterocycles. The predicted octanol–water partition coefficient (Wildman–Crippen LogP) is 1.93. The number of hydrogen-bond donors (Lipinski definition) is 3. The van der Waals surface area contributed by atoms with E-state index in [0.29, 0.717) is 38.5 Å². The Hall–Kier alpha value is -1.04. The van der Waals surface area contributed by atoms with E-state index >= 15 is 0 Å². The number of Topliss-reactive ketones (excluding diaryl/α,β-unsaturated/α-hetero) is 1. The number of fused-ring (bicyclic) bond motifs is 5. The van der Waals surface area contributed by atoms with Gasteiger partial charge >= 0.3 is 0 Å². The lowest BCUT2D eigenvalue weighted by molar-refractivity contribution is -0.210. The van der Waals surface area contributed by atoms with E-state index < -0.39 is 34.4 Å². The van der Waals surface area contributed by atoms with Gasteiger partial charge < -0.3 is 15.3 Å². The van der Waals surface area contributed by atoms with Gasteiger partial charge in [-0.1, -0.05) is 19.4 Å². The van der Waals surface area contributed by atoms with E-state index in [2.05, 4.69) is 6.92 Å². The number of hydrogen-bond acceptors (Lipinski definition) is 5. The number of aliphatic hydroxyl groups is 3. The zero-order chi connectivity index (χ0) is 19.0. The maximum atomic E-state index is 12.4. The van der Waals surface area contributed by atoms with Crippen molar-refractivity contribution in [1.82, 2.24) is 0 Å². The van der Waals surface area contributed by atoms with Crippen molar-refractivity contribution in [1.29, 1.82) is 0 Å². The average molecular weight is 362 g/mol. The molecular formula is C21H30O5. The Balaban J connectivity index is 1.74. The molecule has 0 aromatic carbocycles. The highest BCUT2D eigenvalue weighted by atomic mass is 16.3. The molecule has 0 heterocycles. The van der Waals surface area contributed by atoms with Crippen molar-refractivity contribution in [3.63, 3.8) is 0 Å². The Labute approximate surface area is 154 Å². The fourth-order valence-corrected chi connectivity index (χ4v) is 7.11. The first kappa shape index (κ1) is 18.3. The van der Waals surface area contributed by atoms with Crippen molar-refractivity contribution in [2.45, 2.75) is 76.4 Å². The summed E-state index contributed by atoms with van der Waals surface area (Å²) in [4.78, 5) is 24.3. The van der Waals surface area contributed by atoms with E-state index in [0.717, 1.165) is 18.4 Å². The molecule has 0 saturated heterocycles. The molecule has 4 aliphatic carbocycles. The molecule has 0 spiro atoms. The Morgan fingerprint density at radius 1 is 1.08 bits per heavy atom. The minimum atomic E-state index is -1.49. The molecule has 5 heteroatoms. The summed E-state index contributed by atoms with van der Waals surface area (Å²) in [7, 11) is 0. The highest BCUT2D eigenvalue weighted by Gasteiger charge is 2.70. The van der Waals surface area contributed by atoms with Crippen molar-refractivity contribution in [3.8, 4) is 0 Å². The van der Waals surface area contributed by atoms with Crippen molar-refractivity contribution in [2.24, 2.45) is 22.7 Å². The fourth-order valence-electron chi connectivity index (χ4n) is 7.11. The second-order valence-electron chi connectivity index (χ2n) is 9.54. The van der Waals surface area contributed by atoms with Crippen LogP contribution in [0.2, 0.25) is 0 Å². The molecule has 4 aliphatic rings. The Morgan fingerprint density at radius 3 is 2.50 bits per heavy atom. The van der Waals surface area contributed by atoms with Gasteiger partial charge in [-0.15, -0.1) is 0 Å². The molecule has 5 nitrogen and oxygen atoms in total. The van der Waals surface area contributed by atoms with E-state index in [4.69, 9.17) is 0 Å². The summed E-state index contributed by atoms with van der Waals surface area (Å²) in [5.41, 5.74) is -2.31. The first-order valence-corrected chi connectivity index (χ1v) is 9.95. The normalized spacial score (nSPS) is 50.5. The fraction of sp³-hybridized carbons (Fsp3) is 0.810. The summed E-state index contributed by atoms with van der Waals surface area (Å²) >= 11 is 0. The van der Waals surface area contributed by atoms with Crippen LogP contribution in [0.3, 0.4) is 0 Å². The molecule has 3 saturated carbocycles. The molecule has 4 rings (SSSR count). The number of carbonyl (C=O) groups is 2. The van der Waals surface area contributed by atoms with Crippen molar-refractivity contribution < 1.29 is 24.9 Å². The number of ketones is 2. The van der Waals surface area contributed by atoms with Crippen LogP contribution in [0, 0.1) is 22.7 Å². The highest BCUT2D eigenvalue weighted by molar-refractivity contribution is 5.92. The molecule has 0 radical (unpaired) electrons.